The largest absolute Gasteiger partial charge is 0.307 e. The number of nitrogens with one attached hydrogen (secondary N) is 1. The third-order valence-corrected chi connectivity index (χ3v) is 6.18. The second kappa shape index (κ2) is 5.75. The van der Waals surface area contributed by atoms with Crippen molar-refractivity contribution >= 4 is 22.9 Å². The van der Waals surface area contributed by atoms with Crippen molar-refractivity contribution in [2.75, 3.05) is 0 Å². The summed E-state index contributed by atoms with van der Waals surface area (Å²) in [6.45, 7) is 0. The molecule has 1 heterocycles. The first kappa shape index (κ1) is 13.8. The average Bonchev–Trinajstić information content (AvgIpc) is 2.91. The number of benzene rings is 1. The molecule has 1 fully saturated rings. The molecule has 2 aromatic rings. The van der Waals surface area contributed by atoms with Gasteiger partial charge in [-0.2, -0.15) is 0 Å². The third-order valence-electron chi connectivity index (χ3n) is 4.95. The first-order valence-corrected chi connectivity index (χ1v) is 9.13. The van der Waals surface area contributed by atoms with Gasteiger partial charge < -0.3 is 5.32 Å². The Bertz CT molecular complexity index is 630. The lowest BCUT2D eigenvalue weighted by atomic mass is 9.75. The summed E-state index contributed by atoms with van der Waals surface area (Å²) < 4.78 is 0. The van der Waals surface area contributed by atoms with Crippen LogP contribution in [0.2, 0.25) is 5.02 Å². The summed E-state index contributed by atoms with van der Waals surface area (Å²) in [5, 5.41) is 7.00. The van der Waals surface area contributed by atoms with Crippen LogP contribution in [0.25, 0.3) is 0 Å². The normalized spacial score (nSPS) is 28.0. The first-order chi connectivity index (χ1) is 10.3. The molecule has 1 saturated carbocycles. The molecule has 0 aliphatic heterocycles. The maximum absolute atomic E-state index is 6.09. The zero-order chi connectivity index (χ0) is 14.2. The molecule has 21 heavy (non-hydrogen) atoms. The highest BCUT2D eigenvalue weighted by Gasteiger charge is 2.33. The highest BCUT2D eigenvalue weighted by Crippen LogP contribution is 2.40. The fraction of sp³-hybridized carbons (Fsp3) is 0.444. The van der Waals surface area contributed by atoms with E-state index in [9.17, 15) is 0 Å². The molecule has 4 rings (SSSR count). The van der Waals surface area contributed by atoms with Gasteiger partial charge in [-0.1, -0.05) is 23.7 Å². The van der Waals surface area contributed by atoms with Crippen LogP contribution in [-0.4, -0.2) is 6.04 Å². The Morgan fingerprint density at radius 1 is 1.19 bits per heavy atom. The predicted octanol–water partition coefficient (Wildman–Crippen LogP) is 5.31. The van der Waals surface area contributed by atoms with E-state index in [-0.39, 0.29) is 0 Å². The molecule has 0 spiro atoms. The van der Waals surface area contributed by atoms with E-state index < -0.39 is 0 Å². The summed E-state index contributed by atoms with van der Waals surface area (Å²) in [7, 11) is 0. The highest BCUT2D eigenvalue weighted by molar-refractivity contribution is 7.10. The van der Waals surface area contributed by atoms with E-state index in [0.717, 1.165) is 5.02 Å². The zero-order valence-electron chi connectivity index (χ0n) is 12.0. The van der Waals surface area contributed by atoms with Gasteiger partial charge in [-0.05, 0) is 72.7 Å². The molecule has 1 N–H and O–H groups in total. The van der Waals surface area contributed by atoms with Crippen LogP contribution >= 0.6 is 22.9 Å². The van der Waals surface area contributed by atoms with Gasteiger partial charge >= 0.3 is 0 Å². The van der Waals surface area contributed by atoms with Crippen LogP contribution in [-0.2, 0) is 6.42 Å². The van der Waals surface area contributed by atoms with Crippen LogP contribution in [0.5, 0.6) is 0 Å². The Kier molecular flexibility index (Phi) is 3.78. The van der Waals surface area contributed by atoms with Gasteiger partial charge in [0.05, 0.1) is 0 Å². The van der Waals surface area contributed by atoms with Crippen molar-refractivity contribution in [1.82, 2.24) is 5.32 Å². The van der Waals surface area contributed by atoms with Gasteiger partial charge in [0.2, 0.25) is 0 Å². The Labute approximate surface area is 135 Å². The molecule has 3 heteroatoms. The van der Waals surface area contributed by atoms with E-state index in [0.29, 0.717) is 18.0 Å². The molecular weight excluding hydrogens is 298 g/mol. The third kappa shape index (κ3) is 2.77. The minimum Gasteiger partial charge on any atom is -0.307 e. The van der Waals surface area contributed by atoms with Gasteiger partial charge in [0.1, 0.15) is 0 Å². The zero-order valence-corrected chi connectivity index (χ0v) is 13.6. The molecule has 1 aromatic heterocycles. The predicted molar refractivity (Wildman–Crippen MR) is 90.3 cm³/mol. The molecule has 1 aromatic carbocycles. The summed E-state index contributed by atoms with van der Waals surface area (Å²) in [5.74, 6) is 0.687. The van der Waals surface area contributed by atoms with Crippen LogP contribution in [0.3, 0.4) is 0 Å². The minimum atomic E-state index is 0.588. The SMILES string of the molecule is Clc1cccc(C2CC(NC3CCCc4sccc43)C2)c1. The summed E-state index contributed by atoms with van der Waals surface area (Å²) >= 11 is 8.02. The maximum atomic E-state index is 6.09. The molecule has 0 bridgehead atoms. The van der Waals surface area contributed by atoms with E-state index in [1.807, 2.05) is 17.4 Å². The van der Waals surface area contributed by atoms with Crippen molar-refractivity contribution in [3.05, 3.63) is 56.7 Å². The lowest BCUT2D eigenvalue weighted by molar-refractivity contribution is 0.255. The van der Waals surface area contributed by atoms with E-state index in [4.69, 9.17) is 11.6 Å². The smallest absolute Gasteiger partial charge is 0.0408 e. The van der Waals surface area contributed by atoms with Crippen LogP contribution < -0.4 is 5.32 Å². The lowest BCUT2D eigenvalue weighted by Crippen LogP contribution is -2.42. The van der Waals surface area contributed by atoms with E-state index in [1.54, 1.807) is 10.4 Å². The number of halogens is 1. The number of rotatable bonds is 3. The monoisotopic (exact) mass is 317 g/mol. The van der Waals surface area contributed by atoms with Crippen LogP contribution in [0.15, 0.2) is 35.7 Å². The number of fused-ring (bicyclic) bond motifs is 1. The fourth-order valence-electron chi connectivity index (χ4n) is 3.73. The van der Waals surface area contributed by atoms with Crippen molar-refractivity contribution in [2.24, 2.45) is 0 Å². The molecule has 0 saturated heterocycles. The highest BCUT2D eigenvalue weighted by atomic mass is 35.5. The van der Waals surface area contributed by atoms with Gasteiger partial charge in [-0.15, -0.1) is 11.3 Å². The number of thiophene rings is 1. The van der Waals surface area contributed by atoms with Crippen molar-refractivity contribution < 1.29 is 0 Å². The van der Waals surface area contributed by atoms with Gasteiger partial charge in [-0.25, -0.2) is 0 Å². The van der Waals surface area contributed by atoms with Crippen molar-refractivity contribution in [3.8, 4) is 0 Å². The summed E-state index contributed by atoms with van der Waals surface area (Å²) in [5.41, 5.74) is 2.97. The average molecular weight is 318 g/mol. The summed E-state index contributed by atoms with van der Waals surface area (Å²) in [4.78, 5) is 1.60. The van der Waals surface area contributed by atoms with Crippen molar-refractivity contribution in [3.63, 3.8) is 0 Å². The van der Waals surface area contributed by atoms with Crippen LogP contribution in [0.1, 0.15) is 53.6 Å². The Hall–Kier alpha value is -0.830. The van der Waals surface area contributed by atoms with Gasteiger partial charge in [0.25, 0.3) is 0 Å². The van der Waals surface area contributed by atoms with Crippen molar-refractivity contribution in [2.45, 2.75) is 50.1 Å². The molecule has 1 atom stereocenters. The van der Waals surface area contributed by atoms with E-state index in [2.05, 4.69) is 35.0 Å². The van der Waals surface area contributed by atoms with Gasteiger partial charge in [-0.3, -0.25) is 0 Å². The quantitative estimate of drug-likeness (QED) is 0.808. The number of aryl methyl sites for hydroxylation is 1. The summed E-state index contributed by atoms with van der Waals surface area (Å²) in [6.07, 6.45) is 6.39. The standard InChI is InChI=1S/C18H20ClNS/c19-14-4-1-3-12(9-14)13-10-15(11-13)20-17-5-2-6-18-16(17)7-8-21-18/h1,3-4,7-9,13,15,17,20H,2,5-6,10-11H2. The second-order valence-corrected chi connectivity index (χ2v) is 7.77. The molecule has 0 radical (unpaired) electrons. The van der Waals surface area contributed by atoms with E-state index >= 15 is 0 Å². The molecule has 1 unspecified atom stereocenters. The Morgan fingerprint density at radius 3 is 2.95 bits per heavy atom. The second-order valence-electron chi connectivity index (χ2n) is 6.33. The Morgan fingerprint density at radius 2 is 2.10 bits per heavy atom. The molecule has 1 nitrogen and oxygen atoms in total. The lowest BCUT2D eigenvalue weighted by Gasteiger charge is -2.39. The van der Waals surface area contributed by atoms with Crippen LogP contribution in [0.4, 0.5) is 0 Å². The summed E-state index contributed by atoms with van der Waals surface area (Å²) in [6, 6.07) is 11.9. The fourth-order valence-corrected chi connectivity index (χ4v) is 4.92. The topological polar surface area (TPSA) is 12.0 Å². The van der Waals surface area contributed by atoms with Crippen molar-refractivity contribution in [1.29, 1.82) is 0 Å². The first-order valence-electron chi connectivity index (χ1n) is 7.87. The number of hydrogen-bond donors (Lipinski definition) is 1. The van der Waals surface area contributed by atoms with Crippen LogP contribution in [0, 0.1) is 0 Å². The van der Waals surface area contributed by atoms with Gasteiger partial charge in [0, 0.05) is 22.0 Å². The van der Waals surface area contributed by atoms with Gasteiger partial charge in [0.15, 0.2) is 0 Å². The number of hydrogen-bond acceptors (Lipinski definition) is 2. The molecule has 110 valence electrons. The molecule has 0 amide bonds. The van der Waals surface area contributed by atoms with E-state index in [1.165, 1.54) is 37.7 Å². The molecule has 2 aliphatic rings. The Balaban J connectivity index is 1.37. The maximum Gasteiger partial charge on any atom is 0.0408 e. The molecule has 2 aliphatic carbocycles. The minimum absolute atomic E-state index is 0.588. The molecular formula is C18H20ClNS.